The van der Waals surface area contributed by atoms with E-state index in [0.29, 0.717) is 28.7 Å². The molecule has 1 aliphatic carbocycles. The lowest BCUT2D eigenvalue weighted by molar-refractivity contribution is -0.170. The first kappa shape index (κ1) is 28.0. The monoisotopic (exact) mass is 513 g/mol. The van der Waals surface area contributed by atoms with Crippen molar-refractivity contribution in [2.24, 2.45) is 10.9 Å². The number of hydrogen-bond donors (Lipinski definition) is 0. The number of ether oxygens (including phenoxy) is 2. The minimum atomic E-state index is -0.805. The molecule has 1 aromatic carbocycles. The Morgan fingerprint density at radius 3 is 2.39 bits per heavy atom. The fourth-order valence-corrected chi connectivity index (χ4v) is 4.80. The lowest BCUT2D eigenvalue weighted by Gasteiger charge is -2.25. The van der Waals surface area contributed by atoms with E-state index < -0.39 is 6.29 Å². The molecule has 7 heteroatoms. The Bertz CT molecular complexity index is 1100. The maximum atomic E-state index is 12.8. The van der Waals surface area contributed by atoms with Gasteiger partial charge in [-0.3, -0.25) is 14.5 Å². The molecule has 2 aromatic rings. The molecule has 0 spiro atoms. The molecule has 1 aliphatic rings. The predicted molar refractivity (Wildman–Crippen MR) is 147 cm³/mol. The second-order valence-corrected chi connectivity index (χ2v) is 10.9. The fraction of sp³-hybridized carbons (Fsp3) is 0.552. The van der Waals surface area contributed by atoms with E-state index in [-0.39, 0.29) is 17.3 Å². The van der Waals surface area contributed by atoms with Gasteiger partial charge in [0.2, 0.25) is 6.29 Å². The summed E-state index contributed by atoms with van der Waals surface area (Å²) in [5, 5.41) is 5.10. The Kier molecular flexibility index (Phi) is 9.40. The van der Waals surface area contributed by atoms with E-state index in [1.165, 1.54) is 12.0 Å². The van der Waals surface area contributed by atoms with E-state index >= 15 is 0 Å². The molecule has 0 bridgehead atoms. The number of rotatable bonds is 8. The molecule has 0 aliphatic heterocycles. The zero-order valence-electron chi connectivity index (χ0n) is 22.7. The van der Waals surface area contributed by atoms with E-state index in [9.17, 15) is 4.79 Å². The quantitative estimate of drug-likeness (QED) is 0.162. The van der Waals surface area contributed by atoms with E-state index in [0.717, 1.165) is 36.8 Å². The highest BCUT2D eigenvalue weighted by atomic mass is 35.5. The summed E-state index contributed by atoms with van der Waals surface area (Å²) in [6.45, 7) is 12.8. The van der Waals surface area contributed by atoms with Gasteiger partial charge in [-0.05, 0) is 43.2 Å². The highest BCUT2D eigenvalue weighted by molar-refractivity contribution is 6.33. The Morgan fingerprint density at radius 1 is 1.19 bits per heavy atom. The molecule has 1 aromatic heterocycles. The molecule has 36 heavy (non-hydrogen) atoms. The Morgan fingerprint density at radius 2 is 1.83 bits per heavy atom. The number of esters is 1. The Labute approximate surface area is 220 Å². The maximum Gasteiger partial charge on any atom is 0.311 e. The van der Waals surface area contributed by atoms with Crippen molar-refractivity contribution < 1.29 is 14.3 Å². The van der Waals surface area contributed by atoms with E-state index in [1.807, 2.05) is 18.5 Å². The molecule has 196 valence electrons. The summed E-state index contributed by atoms with van der Waals surface area (Å²) in [6.07, 6.45) is 6.00. The second kappa shape index (κ2) is 12.1. The van der Waals surface area contributed by atoms with Crippen LogP contribution in [-0.2, 0) is 26.2 Å². The highest BCUT2D eigenvalue weighted by Crippen LogP contribution is 2.35. The van der Waals surface area contributed by atoms with Crippen LogP contribution >= 0.6 is 11.6 Å². The molecule has 1 saturated carbocycles. The molecule has 1 unspecified atom stereocenters. The van der Waals surface area contributed by atoms with Crippen LogP contribution in [0.1, 0.15) is 89.2 Å². The summed E-state index contributed by atoms with van der Waals surface area (Å²) in [6, 6.07) is 8.36. The fourth-order valence-electron chi connectivity index (χ4n) is 4.58. The highest BCUT2D eigenvalue weighted by Gasteiger charge is 2.28. The van der Waals surface area contributed by atoms with E-state index in [2.05, 4.69) is 55.1 Å². The SMILES string of the molecule is CCn1nc(C)c(Cl)c1/C(OC(C)OC(=O)C1CCCCC1)=C(\C=NC)c1ccc(C(C)(C)C)cc1. The molecule has 6 nitrogen and oxygen atoms in total. The molecule has 0 N–H and O–H groups in total. The topological polar surface area (TPSA) is 65.7 Å². The minimum absolute atomic E-state index is 0.0314. The summed E-state index contributed by atoms with van der Waals surface area (Å²) >= 11 is 6.77. The number of aryl methyl sites for hydroxylation is 2. The predicted octanol–water partition coefficient (Wildman–Crippen LogP) is 7.22. The maximum absolute atomic E-state index is 12.8. The average Bonchev–Trinajstić information content (AvgIpc) is 3.14. The zero-order chi connectivity index (χ0) is 26.5. The van der Waals surface area contributed by atoms with Crippen LogP contribution in [0.15, 0.2) is 29.3 Å². The van der Waals surface area contributed by atoms with Crippen molar-refractivity contribution in [3.8, 4) is 0 Å². The normalized spacial score (nSPS) is 16.7. The molecular weight excluding hydrogens is 474 g/mol. The van der Waals surface area contributed by atoms with Crippen molar-refractivity contribution in [3.05, 3.63) is 51.8 Å². The van der Waals surface area contributed by atoms with E-state index in [1.54, 1.807) is 20.2 Å². The largest absolute Gasteiger partial charge is 0.452 e. The third-order valence-corrected chi connectivity index (χ3v) is 7.09. The van der Waals surface area contributed by atoms with Gasteiger partial charge in [-0.1, -0.05) is 75.9 Å². The number of aromatic nitrogens is 2. The lowest BCUT2D eigenvalue weighted by Crippen LogP contribution is -2.26. The Balaban J connectivity index is 2.07. The molecule has 1 fully saturated rings. The van der Waals surface area contributed by atoms with Crippen molar-refractivity contribution in [2.45, 2.75) is 91.9 Å². The van der Waals surface area contributed by atoms with Gasteiger partial charge >= 0.3 is 5.97 Å². The van der Waals surface area contributed by atoms with Crippen LogP contribution in [-0.4, -0.2) is 35.3 Å². The second-order valence-electron chi connectivity index (χ2n) is 10.5. The number of benzene rings is 1. The van der Waals surface area contributed by atoms with E-state index in [4.69, 9.17) is 21.1 Å². The molecular formula is C29H40ClN3O3. The summed E-state index contributed by atoms with van der Waals surface area (Å²) in [7, 11) is 1.72. The number of halogens is 1. The molecule has 1 heterocycles. The first-order valence-electron chi connectivity index (χ1n) is 12.9. The van der Waals surface area contributed by atoms with Crippen molar-refractivity contribution >= 4 is 35.1 Å². The van der Waals surface area contributed by atoms with Gasteiger partial charge in [0, 0.05) is 32.3 Å². The lowest BCUT2D eigenvalue weighted by atomic mass is 9.86. The molecule has 0 radical (unpaired) electrons. The number of carbonyl (C=O) groups is 1. The van der Waals surface area contributed by atoms with Gasteiger partial charge in [-0.15, -0.1) is 0 Å². The summed E-state index contributed by atoms with van der Waals surface area (Å²) in [4.78, 5) is 17.1. The van der Waals surface area contributed by atoms with Crippen LogP contribution in [0.4, 0.5) is 0 Å². The average molecular weight is 514 g/mol. The Hall–Kier alpha value is -2.60. The third kappa shape index (κ3) is 6.58. The van der Waals surface area contributed by atoms with Gasteiger partial charge in [-0.25, -0.2) is 0 Å². The number of allylic oxidation sites excluding steroid dienone is 1. The van der Waals surface area contributed by atoms with Crippen molar-refractivity contribution in [2.75, 3.05) is 7.05 Å². The number of carbonyl (C=O) groups excluding carboxylic acids is 1. The van der Waals surface area contributed by atoms with Crippen LogP contribution in [0.3, 0.4) is 0 Å². The molecule has 0 amide bonds. The number of hydrogen-bond acceptors (Lipinski definition) is 5. The standard InChI is InChI=1S/C29H40ClN3O3/c1-8-33-26(25(30)19(2)32-33)27(35-20(3)36-28(34)22-12-10-9-11-13-22)24(18-31-7)21-14-16-23(17-15-21)29(4,5)6/h14-18,20,22H,8-13H2,1-7H3/b27-24-,31-18?. The van der Waals surface area contributed by atoms with Gasteiger partial charge in [0.05, 0.1) is 16.6 Å². The van der Waals surface area contributed by atoms with Crippen LogP contribution < -0.4 is 0 Å². The number of aliphatic imine (C=N–C) groups is 1. The van der Waals surface area contributed by atoms with Gasteiger partial charge in [0.25, 0.3) is 0 Å². The summed E-state index contributed by atoms with van der Waals surface area (Å²) in [5.74, 6) is 0.222. The first-order valence-corrected chi connectivity index (χ1v) is 13.3. The third-order valence-electron chi connectivity index (χ3n) is 6.64. The van der Waals surface area contributed by atoms with Crippen LogP contribution in [0.25, 0.3) is 11.3 Å². The number of nitrogens with zero attached hydrogens (tertiary/aromatic N) is 3. The van der Waals surface area contributed by atoms with Gasteiger partial charge < -0.3 is 9.47 Å². The van der Waals surface area contributed by atoms with Crippen LogP contribution in [0.5, 0.6) is 0 Å². The summed E-state index contributed by atoms with van der Waals surface area (Å²) in [5.41, 5.74) is 4.28. The van der Waals surface area contributed by atoms with Gasteiger partial charge in [0.15, 0.2) is 5.76 Å². The summed E-state index contributed by atoms with van der Waals surface area (Å²) < 4.78 is 14.0. The first-order chi connectivity index (χ1) is 17.1. The molecule has 1 atom stereocenters. The van der Waals surface area contributed by atoms with Crippen molar-refractivity contribution in [1.29, 1.82) is 0 Å². The smallest absolute Gasteiger partial charge is 0.311 e. The molecule has 0 saturated heterocycles. The van der Waals surface area contributed by atoms with Crippen molar-refractivity contribution in [1.82, 2.24) is 9.78 Å². The minimum Gasteiger partial charge on any atom is -0.452 e. The molecule has 3 rings (SSSR count). The van der Waals surface area contributed by atoms with Crippen molar-refractivity contribution in [3.63, 3.8) is 0 Å². The van der Waals surface area contributed by atoms with Gasteiger partial charge in [0.1, 0.15) is 5.69 Å². The van der Waals surface area contributed by atoms with Crippen LogP contribution in [0.2, 0.25) is 5.02 Å². The van der Waals surface area contributed by atoms with Gasteiger partial charge in [-0.2, -0.15) is 5.10 Å². The van der Waals surface area contributed by atoms with Crippen LogP contribution in [0, 0.1) is 12.8 Å². The zero-order valence-corrected chi connectivity index (χ0v) is 23.5.